The molecule has 0 bridgehead atoms. The highest BCUT2D eigenvalue weighted by Gasteiger charge is 2.17. The summed E-state index contributed by atoms with van der Waals surface area (Å²) in [6.07, 6.45) is 2.32. The van der Waals surface area contributed by atoms with Gasteiger partial charge in [0.25, 0.3) is 0 Å². The summed E-state index contributed by atoms with van der Waals surface area (Å²) in [6.45, 7) is 3.20. The highest BCUT2D eigenvalue weighted by Crippen LogP contribution is 2.24. The van der Waals surface area contributed by atoms with Crippen molar-refractivity contribution in [3.05, 3.63) is 35.6 Å². The van der Waals surface area contributed by atoms with Crippen LogP contribution >= 0.6 is 11.8 Å². The third-order valence-electron chi connectivity index (χ3n) is 3.34. The van der Waals surface area contributed by atoms with Crippen LogP contribution in [0.2, 0.25) is 0 Å². The summed E-state index contributed by atoms with van der Waals surface area (Å²) in [5.41, 5.74) is 1.07. The summed E-state index contributed by atoms with van der Waals surface area (Å²) in [7, 11) is 0. The highest BCUT2D eigenvalue weighted by molar-refractivity contribution is 7.99. The molecular weight excluding hydrogens is 233 g/mol. The molecule has 17 heavy (non-hydrogen) atoms. The molecule has 0 radical (unpaired) electrons. The Morgan fingerprint density at radius 1 is 1.53 bits per heavy atom. The molecule has 1 N–H and O–H groups in total. The highest BCUT2D eigenvalue weighted by atomic mass is 32.2. The minimum atomic E-state index is -0.140. The van der Waals surface area contributed by atoms with Crippen LogP contribution in [0.1, 0.15) is 31.4 Å². The van der Waals surface area contributed by atoms with Crippen molar-refractivity contribution in [2.24, 2.45) is 5.92 Å². The van der Waals surface area contributed by atoms with E-state index in [1.807, 2.05) is 17.8 Å². The molecular formula is C14H20FNS. The maximum Gasteiger partial charge on any atom is 0.123 e. The van der Waals surface area contributed by atoms with Crippen molar-refractivity contribution in [3.63, 3.8) is 0 Å². The first-order chi connectivity index (χ1) is 8.29. The van der Waals surface area contributed by atoms with Crippen molar-refractivity contribution in [3.8, 4) is 0 Å². The van der Waals surface area contributed by atoms with Crippen molar-refractivity contribution in [2.45, 2.75) is 25.8 Å². The SMILES string of the molecule is CCC(NCC1CCSC1)c1cccc(F)c1. The van der Waals surface area contributed by atoms with Gasteiger partial charge < -0.3 is 5.32 Å². The average molecular weight is 253 g/mol. The van der Waals surface area contributed by atoms with Gasteiger partial charge in [0.15, 0.2) is 0 Å². The van der Waals surface area contributed by atoms with E-state index in [4.69, 9.17) is 0 Å². The lowest BCUT2D eigenvalue weighted by atomic mass is 10.0. The smallest absolute Gasteiger partial charge is 0.123 e. The second-order valence-electron chi connectivity index (χ2n) is 4.65. The average Bonchev–Trinajstić information content (AvgIpc) is 2.83. The molecule has 1 aromatic carbocycles. The largest absolute Gasteiger partial charge is 0.310 e. The van der Waals surface area contributed by atoms with Gasteiger partial charge in [-0.25, -0.2) is 4.39 Å². The summed E-state index contributed by atoms with van der Waals surface area (Å²) in [5, 5.41) is 3.57. The van der Waals surface area contributed by atoms with Gasteiger partial charge in [-0.2, -0.15) is 11.8 Å². The number of hydrogen-bond acceptors (Lipinski definition) is 2. The van der Waals surface area contributed by atoms with Crippen molar-refractivity contribution < 1.29 is 4.39 Å². The predicted octanol–water partition coefficient (Wildman–Crippen LogP) is 3.62. The van der Waals surface area contributed by atoms with Crippen LogP contribution in [0.3, 0.4) is 0 Å². The van der Waals surface area contributed by atoms with Crippen LogP contribution in [-0.4, -0.2) is 18.1 Å². The van der Waals surface area contributed by atoms with Gasteiger partial charge in [-0.3, -0.25) is 0 Å². The molecule has 1 aromatic rings. The van der Waals surface area contributed by atoms with E-state index in [0.29, 0.717) is 0 Å². The molecule has 1 fully saturated rings. The van der Waals surface area contributed by atoms with E-state index in [9.17, 15) is 4.39 Å². The summed E-state index contributed by atoms with van der Waals surface area (Å²) in [6, 6.07) is 7.24. The lowest BCUT2D eigenvalue weighted by molar-refractivity contribution is 0.449. The van der Waals surface area contributed by atoms with Gasteiger partial charge in [-0.1, -0.05) is 19.1 Å². The first-order valence-corrected chi connectivity index (χ1v) is 7.51. The second-order valence-corrected chi connectivity index (χ2v) is 5.80. The Labute approximate surface area is 107 Å². The topological polar surface area (TPSA) is 12.0 Å². The van der Waals surface area contributed by atoms with Crippen molar-refractivity contribution >= 4 is 11.8 Å². The van der Waals surface area contributed by atoms with E-state index in [0.717, 1.165) is 24.4 Å². The van der Waals surface area contributed by atoms with Crippen molar-refractivity contribution in [2.75, 3.05) is 18.1 Å². The van der Waals surface area contributed by atoms with E-state index in [2.05, 4.69) is 12.2 Å². The molecule has 0 spiro atoms. The monoisotopic (exact) mass is 253 g/mol. The Morgan fingerprint density at radius 3 is 3.06 bits per heavy atom. The summed E-state index contributed by atoms with van der Waals surface area (Å²) in [4.78, 5) is 0. The summed E-state index contributed by atoms with van der Waals surface area (Å²) < 4.78 is 13.2. The van der Waals surface area contributed by atoms with Crippen molar-refractivity contribution in [1.82, 2.24) is 5.32 Å². The minimum absolute atomic E-state index is 0.140. The zero-order valence-corrected chi connectivity index (χ0v) is 11.1. The summed E-state index contributed by atoms with van der Waals surface area (Å²) >= 11 is 2.04. The molecule has 1 aliphatic rings. The Morgan fingerprint density at radius 2 is 2.41 bits per heavy atom. The quantitative estimate of drug-likeness (QED) is 0.860. The molecule has 0 saturated carbocycles. The number of benzene rings is 1. The van der Waals surface area contributed by atoms with E-state index in [-0.39, 0.29) is 11.9 Å². The fraction of sp³-hybridized carbons (Fsp3) is 0.571. The minimum Gasteiger partial charge on any atom is -0.310 e. The van der Waals surface area contributed by atoms with E-state index in [1.165, 1.54) is 24.0 Å². The van der Waals surface area contributed by atoms with Crippen LogP contribution in [0.5, 0.6) is 0 Å². The zero-order chi connectivity index (χ0) is 12.1. The maximum atomic E-state index is 13.2. The van der Waals surface area contributed by atoms with Gasteiger partial charge in [0, 0.05) is 6.04 Å². The van der Waals surface area contributed by atoms with Gasteiger partial charge in [0.1, 0.15) is 5.82 Å². The Bertz CT molecular complexity index is 350. The van der Waals surface area contributed by atoms with Crippen LogP contribution in [0.4, 0.5) is 4.39 Å². The molecule has 2 unspecified atom stereocenters. The number of nitrogens with one attached hydrogen (secondary N) is 1. The van der Waals surface area contributed by atoms with E-state index >= 15 is 0 Å². The third kappa shape index (κ3) is 3.71. The van der Waals surface area contributed by atoms with Gasteiger partial charge in [-0.15, -0.1) is 0 Å². The number of rotatable bonds is 5. The molecule has 3 heteroatoms. The molecule has 0 aliphatic carbocycles. The lowest BCUT2D eigenvalue weighted by Gasteiger charge is -2.19. The maximum absolute atomic E-state index is 13.2. The molecule has 1 saturated heterocycles. The Balaban J connectivity index is 1.91. The molecule has 2 atom stereocenters. The first kappa shape index (κ1) is 12.9. The molecule has 1 aliphatic heterocycles. The van der Waals surface area contributed by atoms with Crippen LogP contribution in [0.15, 0.2) is 24.3 Å². The van der Waals surface area contributed by atoms with Gasteiger partial charge >= 0.3 is 0 Å². The molecule has 0 aromatic heterocycles. The van der Waals surface area contributed by atoms with Gasteiger partial charge in [-0.05, 0) is 54.5 Å². The van der Waals surface area contributed by atoms with Crippen LogP contribution in [-0.2, 0) is 0 Å². The third-order valence-corrected chi connectivity index (χ3v) is 4.57. The Hall–Kier alpha value is -0.540. The zero-order valence-electron chi connectivity index (χ0n) is 10.3. The fourth-order valence-electron chi connectivity index (χ4n) is 2.27. The molecule has 2 rings (SSSR count). The Kier molecular flexibility index (Phi) is 4.86. The molecule has 94 valence electrons. The fourth-order valence-corrected chi connectivity index (χ4v) is 3.56. The molecule has 1 heterocycles. The van der Waals surface area contributed by atoms with Crippen LogP contribution in [0, 0.1) is 11.7 Å². The normalized spacial score (nSPS) is 21.6. The van der Waals surface area contributed by atoms with Crippen LogP contribution < -0.4 is 5.32 Å². The lowest BCUT2D eigenvalue weighted by Crippen LogP contribution is -2.27. The predicted molar refractivity (Wildman–Crippen MR) is 72.9 cm³/mol. The van der Waals surface area contributed by atoms with E-state index in [1.54, 1.807) is 12.1 Å². The molecule has 1 nitrogen and oxygen atoms in total. The van der Waals surface area contributed by atoms with E-state index < -0.39 is 0 Å². The second kappa shape index (κ2) is 6.41. The number of hydrogen-bond donors (Lipinski definition) is 1. The molecule has 0 amide bonds. The summed E-state index contributed by atoms with van der Waals surface area (Å²) in [5.74, 6) is 3.22. The standard InChI is InChI=1S/C14H20FNS/c1-2-14(12-4-3-5-13(15)8-12)16-9-11-6-7-17-10-11/h3-5,8,11,14,16H,2,6-7,9-10H2,1H3. The van der Waals surface area contributed by atoms with Crippen LogP contribution in [0.25, 0.3) is 0 Å². The van der Waals surface area contributed by atoms with Crippen molar-refractivity contribution in [1.29, 1.82) is 0 Å². The first-order valence-electron chi connectivity index (χ1n) is 6.36. The van der Waals surface area contributed by atoms with Gasteiger partial charge in [0.05, 0.1) is 0 Å². The number of halogens is 1. The van der Waals surface area contributed by atoms with Gasteiger partial charge in [0.2, 0.25) is 0 Å². The number of thioether (sulfide) groups is 1.